The van der Waals surface area contributed by atoms with Gasteiger partial charge in [-0.1, -0.05) is 13.8 Å². The number of likely N-dealkylation sites (N-methyl/N-ethyl adjacent to an activating group) is 2. The number of benzene rings is 1. The number of nitrogens with zero attached hydrogens (tertiary/aromatic N) is 1. The molecule has 1 aliphatic rings. The van der Waals surface area contributed by atoms with Gasteiger partial charge in [-0.2, -0.15) is 0 Å². The first-order valence-electron chi connectivity index (χ1n) is 7.11. The maximum atomic E-state index is 13.1. The molecule has 1 unspecified atom stereocenters. The lowest BCUT2D eigenvalue weighted by Crippen LogP contribution is -2.38. The third kappa shape index (κ3) is 3.91. The number of fused-ring (bicyclic) bond motifs is 1. The molecule has 3 nitrogen and oxygen atoms in total. The van der Waals surface area contributed by atoms with Gasteiger partial charge in [0.2, 0.25) is 0 Å². The minimum absolute atomic E-state index is 0.151. The number of hydrogen-bond donors (Lipinski definition) is 1. The Morgan fingerprint density at radius 2 is 2.26 bits per heavy atom. The Balaban J connectivity index is 1.84. The van der Waals surface area contributed by atoms with E-state index in [4.69, 9.17) is 4.74 Å². The molecule has 1 atom stereocenters. The lowest BCUT2D eigenvalue weighted by molar-refractivity contribution is 0.155. The molecule has 0 aliphatic carbocycles. The van der Waals surface area contributed by atoms with Crippen LogP contribution in [0.15, 0.2) is 18.2 Å². The van der Waals surface area contributed by atoms with Gasteiger partial charge in [-0.15, -0.1) is 0 Å². The monoisotopic (exact) mass is 266 g/mol. The summed E-state index contributed by atoms with van der Waals surface area (Å²) in [6.07, 6.45) is 0.962. The smallest absolute Gasteiger partial charge is 0.123 e. The Bertz CT molecular complexity index is 411. The fourth-order valence-corrected chi connectivity index (χ4v) is 2.47. The van der Waals surface area contributed by atoms with Crippen molar-refractivity contribution in [2.45, 2.75) is 26.4 Å². The van der Waals surface area contributed by atoms with E-state index in [0.717, 1.165) is 50.5 Å². The predicted octanol–water partition coefficient (Wildman–Crippen LogP) is 2.06. The van der Waals surface area contributed by atoms with Crippen LogP contribution in [-0.4, -0.2) is 43.7 Å². The van der Waals surface area contributed by atoms with Crippen molar-refractivity contribution in [3.05, 3.63) is 29.6 Å². The van der Waals surface area contributed by atoms with Crippen molar-refractivity contribution in [1.29, 1.82) is 0 Å². The van der Waals surface area contributed by atoms with E-state index in [1.165, 1.54) is 6.07 Å². The summed E-state index contributed by atoms with van der Waals surface area (Å²) in [5.74, 6) is 0.664. The Morgan fingerprint density at radius 1 is 1.42 bits per heavy atom. The number of hydrogen-bond acceptors (Lipinski definition) is 3. The lowest BCUT2D eigenvalue weighted by Gasteiger charge is -2.23. The van der Waals surface area contributed by atoms with E-state index in [0.29, 0.717) is 0 Å². The lowest BCUT2D eigenvalue weighted by atomic mass is 10.1. The number of halogens is 1. The van der Waals surface area contributed by atoms with E-state index in [-0.39, 0.29) is 11.9 Å². The second-order valence-corrected chi connectivity index (χ2v) is 4.94. The van der Waals surface area contributed by atoms with E-state index < -0.39 is 0 Å². The largest absolute Gasteiger partial charge is 0.488 e. The van der Waals surface area contributed by atoms with E-state index in [9.17, 15) is 4.39 Å². The van der Waals surface area contributed by atoms with Crippen LogP contribution in [0, 0.1) is 5.82 Å². The van der Waals surface area contributed by atoms with E-state index >= 15 is 0 Å². The van der Waals surface area contributed by atoms with Gasteiger partial charge in [0.05, 0.1) is 0 Å². The first-order chi connectivity index (χ1) is 9.22. The average Bonchev–Trinajstić information content (AvgIpc) is 2.79. The highest BCUT2D eigenvalue weighted by molar-refractivity contribution is 5.37. The van der Waals surface area contributed by atoms with Crippen LogP contribution in [0.3, 0.4) is 0 Å². The fraction of sp³-hybridized carbons (Fsp3) is 0.600. The van der Waals surface area contributed by atoms with E-state index in [1.807, 2.05) is 0 Å². The summed E-state index contributed by atoms with van der Waals surface area (Å²) < 4.78 is 19.0. The van der Waals surface area contributed by atoms with Crippen LogP contribution in [0.4, 0.5) is 4.39 Å². The van der Waals surface area contributed by atoms with Gasteiger partial charge in [-0.3, -0.25) is 4.90 Å². The van der Waals surface area contributed by atoms with Crippen molar-refractivity contribution < 1.29 is 9.13 Å². The zero-order valence-electron chi connectivity index (χ0n) is 11.8. The molecule has 0 bridgehead atoms. The Hall–Kier alpha value is -1.13. The minimum atomic E-state index is -0.178. The molecule has 2 rings (SSSR count). The zero-order chi connectivity index (χ0) is 13.7. The fourth-order valence-electron chi connectivity index (χ4n) is 2.47. The van der Waals surface area contributed by atoms with Crippen LogP contribution in [0.25, 0.3) is 0 Å². The second-order valence-electron chi connectivity index (χ2n) is 4.94. The van der Waals surface area contributed by atoms with E-state index in [2.05, 4.69) is 24.1 Å². The molecule has 19 heavy (non-hydrogen) atoms. The summed E-state index contributed by atoms with van der Waals surface area (Å²) >= 11 is 0. The highest BCUT2D eigenvalue weighted by Gasteiger charge is 2.24. The summed E-state index contributed by atoms with van der Waals surface area (Å²) in [6, 6.07) is 4.79. The van der Waals surface area contributed by atoms with Gasteiger partial charge >= 0.3 is 0 Å². The number of nitrogens with one attached hydrogen (secondary N) is 1. The average molecular weight is 266 g/mol. The molecular formula is C15H23FN2O. The van der Waals surface area contributed by atoms with Gasteiger partial charge in [0.15, 0.2) is 0 Å². The van der Waals surface area contributed by atoms with Gasteiger partial charge in [-0.25, -0.2) is 4.39 Å². The second kappa shape index (κ2) is 6.87. The van der Waals surface area contributed by atoms with Gasteiger partial charge in [0, 0.05) is 31.6 Å². The van der Waals surface area contributed by atoms with Gasteiger partial charge < -0.3 is 10.1 Å². The molecule has 4 heteroatoms. The molecule has 1 aromatic rings. The predicted molar refractivity (Wildman–Crippen MR) is 75.2 cm³/mol. The minimum Gasteiger partial charge on any atom is -0.488 e. The molecule has 0 radical (unpaired) electrons. The maximum Gasteiger partial charge on any atom is 0.123 e. The summed E-state index contributed by atoms with van der Waals surface area (Å²) in [5.41, 5.74) is 0.993. The quantitative estimate of drug-likeness (QED) is 0.765. The molecule has 0 saturated heterocycles. The molecule has 1 aliphatic heterocycles. The SMILES string of the molecule is CCNCCN(CC)CC1Cc2cc(F)ccc2O1. The molecule has 0 spiro atoms. The van der Waals surface area contributed by atoms with Gasteiger partial charge in [0.25, 0.3) is 0 Å². The van der Waals surface area contributed by atoms with Crippen LogP contribution in [0.2, 0.25) is 0 Å². The Kier molecular flexibility index (Phi) is 5.16. The first-order valence-corrected chi connectivity index (χ1v) is 7.11. The molecule has 1 aromatic carbocycles. The standard InChI is InChI=1S/C15H23FN2O/c1-3-17-7-8-18(4-2)11-14-10-12-9-13(16)5-6-15(12)19-14/h5-6,9,14,17H,3-4,7-8,10-11H2,1-2H3. The van der Waals surface area contributed by atoms with Crippen molar-refractivity contribution in [2.75, 3.05) is 32.7 Å². The Morgan fingerprint density at radius 3 is 3.00 bits per heavy atom. The zero-order valence-corrected chi connectivity index (χ0v) is 11.8. The van der Waals surface area contributed by atoms with E-state index in [1.54, 1.807) is 12.1 Å². The third-order valence-electron chi connectivity index (χ3n) is 3.53. The van der Waals surface area contributed by atoms with Crippen LogP contribution in [-0.2, 0) is 6.42 Å². The molecule has 106 valence electrons. The summed E-state index contributed by atoms with van der Waals surface area (Å²) in [7, 11) is 0. The highest BCUT2D eigenvalue weighted by Crippen LogP contribution is 2.29. The van der Waals surface area contributed by atoms with Gasteiger partial charge in [-0.05, 0) is 31.3 Å². The van der Waals surface area contributed by atoms with Crippen molar-refractivity contribution >= 4 is 0 Å². The van der Waals surface area contributed by atoms with Crippen LogP contribution >= 0.6 is 0 Å². The third-order valence-corrected chi connectivity index (χ3v) is 3.53. The molecule has 1 heterocycles. The molecule has 0 fully saturated rings. The topological polar surface area (TPSA) is 24.5 Å². The van der Waals surface area contributed by atoms with Crippen molar-refractivity contribution in [3.63, 3.8) is 0 Å². The molecule has 0 amide bonds. The highest BCUT2D eigenvalue weighted by atomic mass is 19.1. The first kappa shape index (κ1) is 14.3. The molecule has 1 N–H and O–H groups in total. The van der Waals surface area contributed by atoms with Crippen molar-refractivity contribution in [2.24, 2.45) is 0 Å². The number of rotatable bonds is 7. The Labute approximate surface area is 114 Å². The summed E-state index contributed by atoms with van der Waals surface area (Å²) in [6.45, 7) is 9.21. The van der Waals surface area contributed by atoms with Crippen LogP contribution in [0.5, 0.6) is 5.75 Å². The molecular weight excluding hydrogens is 243 g/mol. The van der Waals surface area contributed by atoms with Crippen LogP contribution < -0.4 is 10.1 Å². The summed E-state index contributed by atoms with van der Waals surface area (Å²) in [5, 5.41) is 3.33. The normalized spacial score (nSPS) is 17.6. The number of ether oxygens (including phenoxy) is 1. The maximum absolute atomic E-state index is 13.1. The summed E-state index contributed by atoms with van der Waals surface area (Å²) in [4.78, 5) is 2.37. The van der Waals surface area contributed by atoms with Crippen molar-refractivity contribution in [1.82, 2.24) is 10.2 Å². The van der Waals surface area contributed by atoms with Crippen molar-refractivity contribution in [3.8, 4) is 5.75 Å². The van der Waals surface area contributed by atoms with Crippen LogP contribution in [0.1, 0.15) is 19.4 Å². The molecule has 0 aromatic heterocycles. The molecule has 0 saturated carbocycles. The van der Waals surface area contributed by atoms with Gasteiger partial charge in [0.1, 0.15) is 17.7 Å².